The SMILES string of the molecule is CC(COC(=O)c1ccc(O)cc1)NS(=O)(=O)c1ccc(Cl)cc1. The number of hydrogen-bond donors (Lipinski definition) is 2. The Bertz CT molecular complexity index is 803. The van der Waals surface area contributed by atoms with Crippen LogP contribution in [-0.2, 0) is 14.8 Å². The van der Waals surface area contributed by atoms with E-state index in [1.54, 1.807) is 6.92 Å². The van der Waals surface area contributed by atoms with Crippen molar-refractivity contribution in [3.05, 3.63) is 59.1 Å². The number of esters is 1. The van der Waals surface area contributed by atoms with Crippen LogP contribution in [0.5, 0.6) is 5.75 Å². The third-order valence-corrected chi connectivity index (χ3v) is 4.91. The summed E-state index contributed by atoms with van der Waals surface area (Å²) in [5.74, 6) is -0.566. The van der Waals surface area contributed by atoms with Crippen LogP contribution in [0.1, 0.15) is 17.3 Å². The summed E-state index contributed by atoms with van der Waals surface area (Å²) in [6.07, 6.45) is 0. The minimum absolute atomic E-state index is 0.0376. The molecule has 0 aromatic heterocycles. The Hall–Kier alpha value is -2.09. The van der Waals surface area contributed by atoms with Crippen molar-refractivity contribution < 1.29 is 23.1 Å². The molecule has 0 aliphatic heterocycles. The topological polar surface area (TPSA) is 92.7 Å². The smallest absolute Gasteiger partial charge is 0.338 e. The van der Waals surface area contributed by atoms with Crippen molar-refractivity contribution in [2.45, 2.75) is 17.9 Å². The van der Waals surface area contributed by atoms with Gasteiger partial charge in [-0.2, -0.15) is 0 Å². The van der Waals surface area contributed by atoms with Gasteiger partial charge in [0.1, 0.15) is 12.4 Å². The molecule has 8 heteroatoms. The van der Waals surface area contributed by atoms with Crippen LogP contribution >= 0.6 is 11.6 Å². The maximum absolute atomic E-state index is 12.2. The first-order chi connectivity index (χ1) is 11.3. The fourth-order valence-corrected chi connectivity index (χ4v) is 3.22. The van der Waals surface area contributed by atoms with Gasteiger partial charge in [0, 0.05) is 5.02 Å². The maximum Gasteiger partial charge on any atom is 0.338 e. The summed E-state index contributed by atoms with van der Waals surface area (Å²) in [4.78, 5) is 11.9. The van der Waals surface area contributed by atoms with E-state index in [0.717, 1.165) is 0 Å². The lowest BCUT2D eigenvalue weighted by atomic mass is 10.2. The van der Waals surface area contributed by atoms with Crippen LogP contribution in [0.15, 0.2) is 53.4 Å². The van der Waals surface area contributed by atoms with Gasteiger partial charge < -0.3 is 9.84 Å². The molecule has 2 aromatic carbocycles. The molecule has 0 spiro atoms. The van der Waals surface area contributed by atoms with Gasteiger partial charge in [0.25, 0.3) is 0 Å². The lowest BCUT2D eigenvalue weighted by molar-refractivity contribution is 0.0481. The number of aromatic hydroxyl groups is 1. The molecule has 0 fully saturated rings. The number of phenols is 1. The standard InChI is InChI=1S/C16H16ClNO5S/c1-11(10-23-16(20)12-2-6-14(19)7-3-12)18-24(21,22)15-8-4-13(17)5-9-15/h2-9,11,18-19H,10H2,1H3. The van der Waals surface area contributed by atoms with E-state index in [-0.39, 0.29) is 22.8 Å². The van der Waals surface area contributed by atoms with Crippen molar-refractivity contribution >= 4 is 27.6 Å². The van der Waals surface area contributed by atoms with E-state index in [4.69, 9.17) is 16.3 Å². The molecule has 0 amide bonds. The summed E-state index contributed by atoms with van der Waals surface area (Å²) in [6, 6.07) is 10.7. The Kier molecular flexibility index (Phi) is 5.82. The number of ether oxygens (including phenoxy) is 1. The Morgan fingerprint density at radius 1 is 1.17 bits per heavy atom. The second-order valence-electron chi connectivity index (χ2n) is 5.12. The minimum Gasteiger partial charge on any atom is -0.508 e. The molecule has 2 N–H and O–H groups in total. The van der Waals surface area contributed by atoms with Gasteiger partial charge in [0.2, 0.25) is 10.0 Å². The van der Waals surface area contributed by atoms with E-state index < -0.39 is 22.0 Å². The quantitative estimate of drug-likeness (QED) is 0.763. The molecule has 0 radical (unpaired) electrons. The number of carbonyl (C=O) groups excluding carboxylic acids is 1. The molecule has 0 saturated heterocycles. The van der Waals surface area contributed by atoms with Gasteiger partial charge in [-0.15, -0.1) is 0 Å². The van der Waals surface area contributed by atoms with Gasteiger partial charge in [-0.1, -0.05) is 11.6 Å². The highest BCUT2D eigenvalue weighted by atomic mass is 35.5. The van der Waals surface area contributed by atoms with E-state index in [2.05, 4.69) is 4.72 Å². The van der Waals surface area contributed by atoms with E-state index in [9.17, 15) is 18.3 Å². The lowest BCUT2D eigenvalue weighted by Gasteiger charge is -2.14. The average Bonchev–Trinajstić information content (AvgIpc) is 2.53. The van der Waals surface area contributed by atoms with Gasteiger partial charge >= 0.3 is 5.97 Å². The maximum atomic E-state index is 12.2. The molecular weight excluding hydrogens is 354 g/mol. The first-order valence-corrected chi connectivity index (χ1v) is 8.88. The molecule has 0 aliphatic carbocycles. The van der Waals surface area contributed by atoms with Gasteiger partial charge in [0.15, 0.2) is 0 Å². The van der Waals surface area contributed by atoms with Crippen LogP contribution in [0.3, 0.4) is 0 Å². The van der Waals surface area contributed by atoms with Crippen LogP contribution in [-0.4, -0.2) is 32.1 Å². The van der Waals surface area contributed by atoms with Crippen LogP contribution in [0.2, 0.25) is 5.02 Å². The summed E-state index contributed by atoms with van der Waals surface area (Å²) in [7, 11) is -3.73. The number of carbonyl (C=O) groups is 1. The van der Waals surface area contributed by atoms with Crippen LogP contribution < -0.4 is 4.72 Å². The zero-order valence-corrected chi connectivity index (χ0v) is 14.3. The number of phenolic OH excluding ortho intramolecular Hbond substituents is 1. The zero-order chi connectivity index (χ0) is 17.7. The predicted molar refractivity (Wildman–Crippen MR) is 89.6 cm³/mol. The lowest BCUT2D eigenvalue weighted by Crippen LogP contribution is -2.36. The van der Waals surface area contributed by atoms with E-state index in [0.29, 0.717) is 5.02 Å². The first-order valence-electron chi connectivity index (χ1n) is 7.02. The van der Waals surface area contributed by atoms with Gasteiger partial charge in [-0.25, -0.2) is 17.9 Å². The molecule has 24 heavy (non-hydrogen) atoms. The Balaban J connectivity index is 1.92. The molecule has 2 rings (SSSR count). The van der Waals surface area contributed by atoms with Gasteiger partial charge in [0.05, 0.1) is 16.5 Å². The Morgan fingerprint density at radius 3 is 2.33 bits per heavy atom. The third kappa shape index (κ3) is 4.95. The molecular formula is C16H16ClNO5S. The number of sulfonamides is 1. The third-order valence-electron chi connectivity index (χ3n) is 3.05. The van der Waals surface area contributed by atoms with Gasteiger partial charge in [-0.3, -0.25) is 0 Å². The number of hydrogen-bond acceptors (Lipinski definition) is 5. The average molecular weight is 370 g/mol. The molecule has 2 aromatic rings. The summed E-state index contributed by atoms with van der Waals surface area (Å²) < 4.78 is 31.8. The summed E-state index contributed by atoms with van der Waals surface area (Å²) in [5.41, 5.74) is 0.264. The van der Waals surface area contributed by atoms with Gasteiger partial charge in [-0.05, 0) is 55.5 Å². The molecule has 6 nitrogen and oxygen atoms in total. The molecule has 0 bridgehead atoms. The van der Waals surface area contributed by atoms with Crippen molar-refractivity contribution in [1.29, 1.82) is 0 Å². The minimum atomic E-state index is -3.73. The highest BCUT2D eigenvalue weighted by molar-refractivity contribution is 7.89. The fraction of sp³-hybridized carbons (Fsp3) is 0.188. The molecule has 1 atom stereocenters. The molecule has 0 aliphatic rings. The molecule has 0 saturated carbocycles. The van der Waals surface area contributed by atoms with Crippen LogP contribution in [0.4, 0.5) is 0 Å². The number of halogens is 1. The number of nitrogens with one attached hydrogen (secondary N) is 1. The Morgan fingerprint density at radius 2 is 1.75 bits per heavy atom. The molecule has 128 valence electrons. The zero-order valence-electron chi connectivity index (χ0n) is 12.8. The number of rotatable bonds is 6. The summed E-state index contributed by atoms with van der Waals surface area (Å²) in [6.45, 7) is 1.45. The van der Waals surface area contributed by atoms with E-state index >= 15 is 0 Å². The van der Waals surface area contributed by atoms with Crippen molar-refractivity contribution in [3.8, 4) is 5.75 Å². The monoisotopic (exact) mass is 369 g/mol. The van der Waals surface area contributed by atoms with Crippen molar-refractivity contribution in [2.24, 2.45) is 0 Å². The molecule has 1 unspecified atom stereocenters. The van der Waals surface area contributed by atoms with E-state index in [1.807, 2.05) is 0 Å². The van der Waals surface area contributed by atoms with Crippen LogP contribution in [0.25, 0.3) is 0 Å². The van der Waals surface area contributed by atoms with Crippen LogP contribution in [0, 0.1) is 0 Å². The summed E-state index contributed by atoms with van der Waals surface area (Å²) in [5, 5.41) is 9.61. The van der Waals surface area contributed by atoms with E-state index in [1.165, 1.54) is 48.5 Å². The largest absolute Gasteiger partial charge is 0.508 e. The highest BCUT2D eigenvalue weighted by Gasteiger charge is 2.18. The molecule has 0 heterocycles. The summed E-state index contributed by atoms with van der Waals surface area (Å²) >= 11 is 5.73. The predicted octanol–water partition coefficient (Wildman–Crippen LogP) is 2.57. The van der Waals surface area contributed by atoms with Crippen molar-refractivity contribution in [3.63, 3.8) is 0 Å². The van der Waals surface area contributed by atoms with Crippen molar-refractivity contribution in [2.75, 3.05) is 6.61 Å². The second kappa shape index (κ2) is 7.65. The highest BCUT2D eigenvalue weighted by Crippen LogP contribution is 2.14. The normalized spacial score (nSPS) is 12.6. The van der Waals surface area contributed by atoms with Crippen molar-refractivity contribution in [1.82, 2.24) is 4.72 Å². The first kappa shape index (κ1) is 18.3. The fourth-order valence-electron chi connectivity index (χ4n) is 1.86. The number of benzene rings is 2. The second-order valence-corrected chi connectivity index (χ2v) is 7.27. The Labute approximate surface area is 145 Å².